The molecule has 0 amide bonds. The maximum absolute atomic E-state index is 14.2. The first-order chi connectivity index (χ1) is 12.4. The molecular formula is C17H12FN5O3. The van der Waals surface area contributed by atoms with Gasteiger partial charge in [-0.05, 0) is 18.2 Å². The van der Waals surface area contributed by atoms with Crippen LogP contribution in [0.5, 0.6) is 5.75 Å². The Kier molecular flexibility index (Phi) is 4.24. The van der Waals surface area contributed by atoms with Crippen LogP contribution in [0.1, 0.15) is 15.9 Å². The van der Waals surface area contributed by atoms with E-state index in [1.54, 1.807) is 0 Å². The van der Waals surface area contributed by atoms with Crippen molar-refractivity contribution < 1.29 is 19.0 Å². The van der Waals surface area contributed by atoms with Crippen molar-refractivity contribution in [3.05, 3.63) is 53.6 Å². The molecule has 9 heteroatoms. The van der Waals surface area contributed by atoms with E-state index in [9.17, 15) is 14.4 Å². The average Bonchev–Trinajstić information content (AvgIpc) is 3.04. The monoisotopic (exact) mass is 353 g/mol. The minimum Gasteiger partial charge on any atom is -0.497 e. The number of hydrogen-bond donors (Lipinski definition) is 2. The van der Waals surface area contributed by atoms with Gasteiger partial charge in [-0.15, -0.1) is 5.10 Å². The zero-order chi connectivity index (χ0) is 18.8. The largest absolute Gasteiger partial charge is 0.497 e. The number of hydrogen-bond acceptors (Lipinski definition) is 6. The lowest BCUT2D eigenvalue weighted by Crippen LogP contribution is -2.01. The molecule has 0 unspecified atom stereocenters. The van der Waals surface area contributed by atoms with Crippen LogP contribution >= 0.6 is 0 Å². The van der Waals surface area contributed by atoms with Gasteiger partial charge < -0.3 is 15.6 Å². The van der Waals surface area contributed by atoms with Gasteiger partial charge in [0.25, 0.3) is 0 Å². The fourth-order valence-corrected chi connectivity index (χ4v) is 2.38. The van der Waals surface area contributed by atoms with Crippen molar-refractivity contribution in [2.75, 3.05) is 12.8 Å². The standard InChI is InChI=1S/C17H12FN5O3/c1-26-10-2-3-14(18)11(5-10)12-7-21-15(4-9(12)6-19)23-8-13(17(24)25)16(20)22-23/h2-5,7-8H,1H3,(H2,20,22)(H,24,25). The van der Waals surface area contributed by atoms with Gasteiger partial charge in [0.2, 0.25) is 0 Å². The topological polar surface area (TPSA) is 127 Å². The van der Waals surface area contributed by atoms with E-state index in [0.717, 1.165) is 4.68 Å². The Balaban J connectivity index is 2.11. The molecule has 0 saturated carbocycles. The number of ether oxygens (including phenoxy) is 1. The third kappa shape index (κ3) is 2.91. The number of aromatic nitrogens is 3. The predicted molar refractivity (Wildman–Crippen MR) is 89.4 cm³/mol. The minimum atomic E-state index is -1.23. The van der Waals surface area contributed by atoms with E-state index in [0.29, 0.717) is 5.75 Å². The smallest absolute Gasteiger partial charge is 0.341 e. The molecule has 0 radical (unpaired) electrons. The first-order valence-electron chi connectivity index (χ1n) is 7.27. The molecule has 1 aromatic carbocycles. The summed E-state index contributed by atoms with van der Waals surface area (Å²) in [5.74, 6) is -1.34. The van der Waals surface area contributed by atoms with Crippen molar-refractivity contribution in [2.24, 2.45) is 0 Å². The summed E-state index contributed by atoms with van der Waals surface area (Å²) in [5, 5.41) is 22.3. The molecule has 3 rings (SSSR count). The minimum absolute atomic E-state index is 0.132. The van der Waals surface area contributed by atoms with Gasteiger partial charge in [0.05, 0.1) is 18.7 Å². The zero-order valence-corrected chi connectivity index (χ0v) is 13.5. The summed E-state index contributed by atoms with van der Waals surface area (Å²) in [6, 6.07) is 7.50. The highest BCUT2D eigenvalue weighted by Crippen LogP contribution is 2.30. The number of aromatic carboxylic acids is 1. The molecule has 130 valence electrons. The summed E-state index contributed by atoms with van der Waals surface area (Å²) in [6.45, 7) is 0. The van der Waals surface area contributed by atoms with Gasteiger partial charge >= 0.3 is 5.97 Å². The maximum atomic E-state index is 14.2. The van der Waals surface area contributed by atoms with Crippen LogP contribution in [-0.4, -0.2) is 33.0 Å². The quantitative estimate of drug-likeness (QED) is 0.736. The third-order valence-electron chi connectivity index (χ3n) is 3.68. The van der Waals surface area contributed by atoms with Crippen LogP contribution in [0.25, 0.3) is 16.9 Å². The number of carboxylic acids is 1. The molecule has 3 aromatic rings. The number of nitrogens with two attached hydrogens (primary N) is 1. The van der Waals surface area contributed by atoms with E-state index in [4.69, 9.17) is 15.6 Å². The van der Waals surface area contributed by atoms with Gasteiger partial charge in [-0.3, -0.25) is 0 Å². The van der Waals surface area contributed by atoms with E-state index >= 15 is 0 Å². The molecule has 8 nitrogen and oxygen atoms in total. The Labute approximate surface area is 146 Å². The van der Waals surface area contributed by atoms with Gasteiger partial charge in [0.1, 0.15) is 17.1 Å². The van der Waals surface area contributed by atoms with Crippen LogP contribution in [-0.2, 0) is 0 Å². The van der Waals surface area contributed by atoms with Gasteiger partial charge in [0, 0.05) is 29.6 Å². The number of nitrogen functional groups attached to an aromatic ring is 1. The molecule has 26 heavy (non-hydrogen) atoms. The Morgan fingerprint density at radius 2 is 2.15 bits per heavy atom. The Hall–Kier alpha value is -3.93. The Bertz CT molecular complexity index is 1060. The molecule has 0 bridgehead atoms. The first kappa shape index (κ1) is 16.9. The van der Waals surface area contributed by atoms with E-state index in [1.807, 2.05) is 6.07 Å². The number of nitriles is 1. The summed E-state index contributed by atoms with van der Waals surface area (Å²) < 4.78 is 20.4. The lowest BCUT2D eigenvalue weighted by atomic mass is 10.0. The van der Waals surface area contributed by atoms with E-state index in [-0.39, 0.29) is 33.9 Å². The van der Waals surface area contributed by atoms with Crippen LogP contribution in [0.4, 0.5) is 10.2 Å². The summed E-state index contributed by atoms with van der Waals surface area (Å²) in [4.78, 5) is 15.2. The van der Waals surface area contributed by atoms with Gasteiger partial charge in [0.15, 0.2) is 11.6 Å². The number of anilines is 1. The van der Waals surface area contributed by atoms with Crippen molar-refractivity contribution in [1.82, 2.24) is 14.8 Å². The van der Waals surface area contributed by atoms with Gasteiger partial charge in [-0.2, -0.15) is 5.26 Å². The van der Waals surface area contributed by atoms with E-state index < -0.39 is 11.8 Å². The van der Waals surface area contributed by atoms with Gasteiger partial charge in [-0.1, -0.05) is 0 Å². The SMILES string of the molecule is COc1ccc(F)c(-c2cnc(-n3cc(C(=O)O)c(N)n3)cc2C#N)c1. The highest BCUT2D eigenvalue weighted by molar-refractivity contribution is 5.92. The van der Waals surface area contributed by atoms with Crippen molar-refractivity contribution in [3.63, 3.8) is 0 Å². The van der Waals surface area contributed by atoms with Crippen molar-refractivity contribution in [2.45, 2.75) is 0 Å². The van der Waals surface area contributed by atoms with Crippen LogP contribution in [0.2, 0.25) is 0 Å². The van der Waals surface area contributed by atoms with E-state index in [1.165, 1.54) is 43.8 Å². The second-order valence-corrected chi connectivity index (χ2v) is 5.22. The van der Waals surface area contributed by atoms with Crippen molar-refractivity contribution in [3.8, 4) is 28.8 Å². The van der Waals surface area contributed by atoms with Gasteiger partial charge in [-0.25, -0.2) is 18.9 Å². The molecule has 0 aliphatic rings. The lowest BCUT2D eigenvalue weighted by Gasteiger charge is -2.09. The van der Waals surface area contributed by atoms with Crippen molar-refractivity contribution in [1.29, 1.82) is 5.26 Å². The molecule has 0 atom stereocenters. The number of carbonyl (C=O) groups is 1. The lowest BCUT2D eigenvalue weighted by molar-refractivity contribution is 0.0698. The molecular weight excluding hydrogens is 341 g/mol. The normalized spacial score (nSPS) is 10.3. The zero-order valence-electron chi connectivity index (χ0n) is 13.5. The Morgan fingerprint density at radius 1 is 1.38 bits per heavy atom. The summed E-state index contributed by atoms with van der Waals surface area (Å²) in [6.07, 6.45) is 2.50. The van der Waals surface area contributed by atoms with E-state index in [2.05, 4.69) is 10.1 Å². The van der Waals surface area contributed by atoms with Crippen LogP contribution < -0.4 is 10.5 Å². The fraction of sp³-hybridized carbons (Fsp3) is 0.0588. The molecule has 0 aliphatic carbocycles. The molecule has 0 fully saturated rings. The number of nitrogens with zero attached hydrogens (tertiary/aromatic N) is 4. The summed E-state index contributed by atoms with van der Waals surface area (Å²) >= 11 is 0. The summed E-state index contributed by atoms with van der Waals surface area (Å²) in [7, 11) is 1.45. The van der Waals surface area contributed by atoms with Crippen LogP contribution in [0.15, 0.2) is 36.7 Å². The average molecular weight is 353 g/mol. The number of pyridine rings is 1. The van der Waals surface area contributed by atoms with Crippen molar-refractivity contribution >= 4 is 11.8 Å². The molecule has 2 heterocycles. The number of benzene rings is 1. The molecule has 2 aromatic heterocycles. The number of methoxy groups -OCH3 is 1. The molecule has 0 spiro atoms. The molecule has 0 aliphatic heterocycles. The second kappa shape index (κ2) is 6.52. The number of rotatable bonds is 4. The number of carboxylic acid groups (broad SMARTS) is 1. The second-order valence-electron chi connectivity index (χ2n) is 5.22. The number of halogens is 1. The molecule has 3 N–H and O–H groups in total. The summed E-state index contributed by atoms with van der Waals surface area (Å²) in [5.41, 5.74) is 5.93. The molecule has 0 saturated heterocycles. The predicted octanol–water partition coefficient (Wildman–Crippen LogP) is 2.23. The maximum Gasteiger partial charge on any atom is 0.341 e. The fourth-order valence-electron chi connectivity index (χ4n) is 2.38. The Morgan fingerprint density at radius 3 is 2.77 bits per heavy atom. The van der Waals surface area contributed by atoms with Crippen LogP contribution in [0, 0.1) is 17.1 Å². The third-order valence-corrected chi connectivity index (χ3v) is 3.68. The first-order valence-corrected chi connectivity index (χ1v) is 7.27. The highest BCUT2D eigenvalue weighted by Gasteiger charge is 2.17. The van der Waals surface area contributed by atoms with Crippen LogP contribution in [0.3, 0.4) is 0 Å². The highest BCUT2D eigenvalue weighted by atomic mass is 19.1.